The maximum atomic E-state index is 12.9. The van der Waals surface area contributed by atoms with E-state index in [0.717, 1.165) is 0 Å². The normalized spacial score (nSPS) is 35.8. The van der Waals surface area contributed by atoms with Gasteiger partial charge in [0.15, 0.2) is 0 Å². The van der Waals surface area contributed by atoms with Gasteiger partial charge >= 0.3 is 128 Å². The van der Waals surface area contributed by atoms with Crippen LogP contribution < -0.4 is 0 Å². The zero-order chi connectivity index (χ0) is 19.2. The van der Waals surface area contributed by atoms with E-state index in [9.17, 15) is 55.8 Å². The van der Waals surface area contributed by atoms with Gasteiger partial charge in [0.2, 0.25) is 0 Å². The van der Waals surface area contributed by atoms with Gasteiger partial charge in [0, 0.05) is 0 Å². The average molecular weight is 500 g/mol. The van der Waals surface area contributed by atoms with Crippen molar-refractivity contribution in [3.8, 4) is 0 Å². The predicted molar refractivity (Wildman–Crippen MR) is 58.4 cm³/mol. The molecule has 0 aromatic heterocycles. The van der Waals surface area contributed by atoms with Crippen LogP contribution in [0.5, 0.6) is 0 Å². The van der Waals surface area contributed by atoms with Crippen molar-refractivity contribution >= 4 is 18.8 Å². The minimum atomic E-state index is -6.37. The van der Waals surface area contributed by atoms with Gasteiger partial charge in [-0.2, -0.15) is 0 Å². The Hall–Kier alpha value is -0.350. The van der Waals surface area contributed by atoms with E-state index in [4.69, 9.17) is 0 Å². The van der Waals surface area contributed by atoms with Crippen molar-refractivity contribution in [2.45, 2.75) is 40.7 Å². The van der Waals surface area contributed by atoms with Gasteiger partial charge in [-0.05, 0) is 0 Å². The van der Waals surface area contributed by atoms with Crippen LogP contribution in [-0.4, -0.2) is 38.7 Å². The first kappa shape index (κ1) is 20.0. The van der Waals surface area contributed by atoms with Crippen molar-refractivity contribution in [3.05, 3.63) is 0 Å². The molecule has 0 aliphatic carbocycles. The van der Waals surface area contributed by atoms with Crippen LogP contribution in [0.1, 0.15) is 6.42 Å². The second-order valence-electron chi connectivity index (χ2n) is 5.30. The molecule has 15 heteroatoms. The molecule has 2 aliphatic rings. The number of hydrogen-bond acceptors (Lipinski definition) is 2. The molecule has 0 N–H and O–H groups in total. The molecule has 0 spiro atoms. The van der Waals surface area contributed by atoms with Crippen LogP contribution in [0.25, 0.3) is 0 Å². The molecule has 2 heterocycles. The van der Waals surface area contributed by atoms with Gasteiger partial charge in [-0.25, -0.2) is 0 Å². The molecule has 2 fully saturated rings. The third kappa shape index (κ3) is 2.21. The van der Waals surface area contributed by atoms with Gasteiger partial charge in [-0.1, -0.05) is 0 Å². The summed E-state index contributed by atoms with van der Waals surface area (Å²) in [6.07, 6.45) is -27.9. The minimum absolute atomic E-state index is 2.44. The molecule has 2 unspecified atom stereocenters. The van der Waals surface area contributed by atoms with Crippen molar-refractivity contribution in [3.63, 3.8) is 0 Å². The molecule has 0 amide bonds. The third-order valence-corrected chi connectivity index (χ3v) is 11.4. The molecule has 24 heavy (non-hydrogen) atoms. The number of rotatable bonds is 0. The molecular formula is C9H5F12IO2. The Bertz CT molecular complexity index is 527. The zero-order valence-corrected chi connectivity index (χ0v) is 12.9. The Balaban J connectivity index is 2.62. The molecule has 2 aliphatic heterocycles. The molecule has 0 aromatic rings. The summed E-state index contributed by atoms with van der Waals surface area (Å²) in [5.41, 5.74) is -10.2. The Labute approximate surface area is 128 Å². The summed E-state index contributed by atoms with van der Waals surface area (Å²) in [5.74, 6) is 0. The van der Waals surface area contributed by atoms with Crippen molar-refractivity contribution in [2.24, 2.45) is 5.41 Å². The summed E-state index contributed by atoms with van der Waals surface area (Å²) in [4.78, 5) is 0. The van der Waals surface area contributed by atoms with E-state index in [2.05, 4.69) is 3.07 Å². The average Bonchev–Trinajstić information content (AvgIpc) is 2.47. The summed E-state index contributed by atoms with van der Waals surface area (Å²) in [6.45, 7) is 0. The van der Waals surface area contributed by atoms with Gasteiger partial charge in [0.05, 0.1) is 0 Å². The quantitative estimate of drug-likeness (QED) is 0.264. The number of hydrogen-bond donors (Lipinski definition) is 0. The first-order chi connectivity index (χ1) is 10.3. The fraction of sp³-hybridized carbons (Fsp3) is 1.00. The van der Waals surface area contributed by atoms with Crippen LogP contribution in [0, 0.1) is 5.41 Å². The SMILES string of the molecule is O=I12CC(C(F)(F)F)(C(F)(F)F)CC1C(C(F)(F)F)(C(F)(F)F)O2. The Morgan fingerprint density at radius 2 is 1.12 bits per heavy atom. The first-order valence-electron chi connectivity index (χ1n) is 5.67. The van der Waals surface area contributed by atoms with E-state index in [1.54, 1.807) is 0 Å². The van der Waals surface area contributed by atoms with Crippen LogP contribution in [0.2, 0.25) is 0 Å². The molecule has 2 saturated heterocycles. The van der Waals surface area contributed by atoms with Gasteiger partial charge < -0.3 is 0 Å². The number of fused-ring (bicyclic) bond motifs is 1. The van der Waals surface area contributed by atoms with Gasteiger partial charge in [-0.3, -0.25) is 0 Å². The Morgan fingerprint density at radius 1 is 0.750 bits per heavy atom. The molecule has 0 bridgehead atoms. The Morgan fingerprint density at radius 3 is 1.42 bits per heavy atom. The summed E-state index contributed by atoms with van der Waals surface area (Å²) in [7, 11) is 0. The van der Waals surface area contributed by atoms with Gasteiger partial charge in [0.25, 0.3) is 0 Å². The van der Waals surface area contributed by atoms with Crippen LogP contribution in [0.15, 0.2) is 0 Å². The molecule has 144 valence electrons. The van der Waals surface area contributed by atoms with Crippen molar-refractivity contribution < 1.29 is 58.8 Å². The fourth-order valence-electron chi connectivity index (χ4n) is 2.71. The van der Waals surface area contributed by atoms with E-state index in [1.807, 2.05) is 0 Å². The summed E-state index contributed by atoms with van der Waals surface area (Å²) in [5, 5.41) is 0. The summed E-state index contributed by atoms with van der Waals surface area (Å²) < 4.78 is 163. The van der Waals surface area contributed by atoms with E-state index in [1.165, 1.54) is 0 Å². The van der Waals surface area contributed by atoms with Crippen molar-refractivity contribution in [1.29, 1.82) is 0 Å². The van der Waals surface area contributed by atoms with Crippen LogP contribution in [-0.2, 0) is 6.14 Å². The molecular weight excluding hydrogens is 495 g/mol. The summed E-state index contributed by atoms with van der Waals surface area (Å²) >= 11 is -6.31. The van der Waals surface area contributed by atoms with Crippen molar-refractivity contribution in [1.82, 2.24) is 0 Å². The van der Waals surface area contributed by atoms with E-state index in [0.29, 0.717) is 0 Å². The molecule has 2 atom stereocenters. The standard InChI is InChI=1S/C9H5F12IO2/c10-6(11,12)4(7(13,14)15)1-3-5(8(16,17)18,9(19,20)21)24-22(3,23)2-4/h3H,1-2H2. The molecule has 0 aromatic carbocycles. The molecule has 2 nitrogen and oxygen atoms in total. The van der Waals surface area contributed by atoms with Gasteiger partial charge in [-0.15, -0.1) is 0 Å². The first-order valence-corrected chi connectivity index (χ1v) is 10.2. The zero-order valence-electron chi connectivity index (χ0n) is 10.7. The van der Waals surface area contributed by atoms with Crippen LogP contribution in [0.3, 0.4) is 0 Å². The fourth-order valence-corrected chi connectivity index (χ4v) is 11.9. The van der Waals surface area contributed by atoms with E-state index >= 15 is 0 Å². The number of alkyl halides is 14. The summed E-state index contributed by atoms with van der Waals surface area (Å²) in [6, 6.07) is 0. The molecule has 0 saturated carbocycles. The van der Waals surface area contributed by atoms with Gasteiger partial charge in [0.1, 0.15) is 0 Å². The van der Waals surface area contributed by atoms with Crippen LogP contribution in [0.4, 0.5) is 52.7 Å². The van der Waals surface area contributed by atoms with E-state index < -0.39 is 69.3 Å². The maximum absolute atomic E-state index is 12.9. The van der Waals surface area contributed by atoms with Crippen molar-refractivity contribution in [2.75, 3.05) is 4.43 Å². The predicted octanol–water partition coefficient (Wildman–Crippen LogP) is 5.07. The molecule has 0 radical (unpaired) electrons. The monoisotopic (exact) mass is 500 g/mol. The second kappa shape index (κ2) is 4.68. The topological polar surface area (TPSA) is 26.3 Å². The van der Waals surface area contributed by atoms with Crippen LogP contribution >= 0.6 is 18.8 Å². The second-order valence-corrected chi connectivity index (χ2v) is 11.5. The Kier molecular flexibility index (Phi) is 3.89. The molecule has 2 rings (SSSR count). The third-order valence-electron chi connectivity index (χ3n) is 3.96. The number of halogens is 13. The van der Waals surface area contributed by atoms with E-state index in [-0.39, 0.29) is 0 Å².